The van der Waals surface area contributed by atoms with Gasteiger partial charge >= 0.3 is 0 Å². The average molecular weight is 757 g/mol. The van der Waals surface area contributed by atoms with Crippen LogP contribution in [0.15, 0.2) is 108 Å². The highest BCUT2D eigenvalue weighted by Gasteiger charge is 2.23. The second kappa shape index (κ2) is 13.8. The molecule has 0 saturated heterocycles. The highest BCUT2D eigenvalue weighted by atomic mass is 32.1. The van der Waals surface area contributed by atoms with E-state index in [-0.39, 0.29) is 10.8 Å². The lowest BCUT2D eigenvalue weighted by molar-refractivity contribution is 0.577. The number of aromatic amines is 1. The molecule has 6 heteroatoms. The van der Waals surface area contributed by atoms with Crippen molar-refractivity contribution in [3.63, 3.8) is 0 Å². The van der Waals surface area contributed by atoms with E-state index in [1.165, 1.54) is 68.9 Å². The summed E-state index contributed by atoms with van der Waals surface area (Å²) in [7, 11) is 0. The predicted octanol–water partition coefficient (Wildman–Crippen LogP) is 14.0. The first-order valence-corrected chi connectivity index (χ1v) is 20.6. The molecule has 0 aliphatic rings. The summed E-state index contributed by atoms with van der Waals surface area (Å²) >= 11 is 3.63. The Morgan fingerprint density at radius 3 is 1.56 bits per heavy atom. The number of hydrogen-bond acceptors (Lipinski definition) is 5. The van der Waals surface area contributed by atoms with Crippen molar-refractivity contribution in [3.8, 4) is 43.5 Å². The molecule has 5 aromatic heterocycles. The largest absolute Gasteiger partial charge is 0.338 e. The molecule has 3 aromatic carbocycles. The topological polar surface area (TPSA) is 53.9 Å². The third-order valence-corrected chi connectivity index (χ3v) is 13.0. The van der Waals surface area contributed by atoms with Crippen molar-refractivity contribution in [2.24, 2.45) is 4.99 Å². The number of pyridine rings is 3. The van der Waals surface area contributed by atoms with Crippen LogP contribution in [0.2, 0.25) is 0 Å². The first kappa shape index (κ1) is 36.8. The van der Waals surface area contributed by atoms with Crippen LogP contribution >= 0.6 is 22.7 Å². The summed E-state index contributed by atoms with van der Waals surface area (Å²) in [5.41, 5.74) is 15.5. The molecule has 0 spiro atoms. The number of hydrogen-bond donors (Lipinski definition) is 1. The summed E-state index contributed by atoms with van der Waals surface area (Å²) < 4.78 is 2.35. The van der Waals surface area contributed by atoms with Gasteiger partial charge in [-0.3, -0.25) is 9.97 Å². The Kier molecular flexibility index (Phi) is 9.26. The minimum atomic E-state index is -0.153. The lowest BCUT2D eigenvalue weighted by Crippen LogP contribution is -2.26. The Bertz CT molecular complexity index is 2790. The Balaban J connectivity index is 1.31. The van der Waals surface area contributed by atoms with Crippen LogP contribution in [0.25, 0.3) is 63.7 Å². The van der Waals surface area contributed by atoms with Gasteiger partial charge in [0.25, 0.3) is 0 Å². The average Bonchev–Trinajstić information content (AvgIpc) is 3.75. The first-order valence-electron chi connectivity index (χ1n) is 19.0. The van der Waals surface area contributed by atoms with Gasteiger partial charge < -0.3 is 4.98 Å². The molecule has 0 atom stereocenters. The molecule has 55 heavy (non-hydrogen) atoms. The van der Waals surface area contributed by atoms with E-state index in [2.05, 4.69) is 165 Å². The number of rotatable bonds is 5. The summed E-state index contributed by atoms with van der Waals surface area (Å²) in [6.45, 7) is 22.3. The molecule has 8 aromatic rings. The number of H-pyrrole nitrogens is 1. The molecule has 4 nitrogen and oxygen atoms in total. The van der Waals surface area contributed by atoms with Gasteiger partial charge in [-0.2, -0.15) is 0 Å². The molecule has 0 unspecified atom stereocenters. The minimum absolute atomic E-state index is 0.136. The highest BCUT2D eigenvalue weighted by molar-refractivity contribution is 7.23. The summed E-state index contributed by atoms with van der Waals surface area (Å²) in [4.78, 5) is 21.9. The van der Waals surface area contributed by atoms with Crippen LogP contribution in [-0.4, -0.2) is 15.0 Å². The van der Waals surface area contributed by atoms with E-state index < -0.39 is 0 Å². The maximum atomic E-state index is 5.55. The number of fused-ring (bicyclic) bond motifs is 2. The zero-order valence-corrected chi connectivity index (χ0v) is 35.1. The number of benzene rings is 3. The van der Waals surface area contributed by atoms with E-state index in [1.807, 2.05) is 35.1 Å². The quantitative estimate of drug-likeness (QED) is 0.190. The maximum Gasteiger partial charge on any atom is 0.134 e. The molecule has 276 valence electrons. The van der Waals surface area contributed by atoms with Gasteiger partial charge in [0.05, 0.1) is 26.5 Å². The maximum absolute atomic E-state index is 5.55. The smallest absolute Gasteiger partial charge is 0.134 e. The summed E-state index contributed by atoms with van der Waals surface area (Å²) in [5.74, 6) is 0. The third kappa shape index (κ3) is 6.87. The standard InChI is InChI=1S/C49H48N4S2/c1-28-13-11-14-29(2)41(28)39-26-33-21-23-50-43(45(33)54-39)32-17-18-35(48(5,6)7)38(25-32)53-47-36(49(8,9)10)19-20-37(52-47)44-46-34(22-24-51-44)27-40(55-46)42-30(3)15-12-16-31(42)4/h11-27H,1-10H3,(H,52,53). The molecule has 0 aliphatic carbocycles. The lowest BCUT2D eigenvalue weighted by atomic mass is 9.84. The molecule has 0 saturated carbocycles. The van der Waals surface area contributed by atoms with E-state index in [9.17, 15) is 0 Å². The number of nitrogens with one attached hydrogen (secondary N) is 1. The van der Waals surface area contributed by atoms with E-state index in [1.54, 1.807) is 0 Å². The zero-order valence-electron chi connectivity index (χ0n) is 33.5. The van der Waals surface area contributed by atoms with Gasteiger partial charge in [-0.05, 0) is 125 Å². The van der Waals surface area contributed by atoms with Gasteiger partial charge in [0, 0.05) is 33.3 Å². The third-order valence-electron chi connectivity index (χ3n) is 10.6. The zero-order chi connectivity index (χ0) is 38.8. The fourth-order valence-electron chi connectivity index (χ4n) is 7.82. The molecule has 0 radical (unpaired) electrons. The fourth-order valence-corrected chi connectivity index (χ4v) is 10.5. The van der Waals surface area contributed by atoms with Crippen LogP contribution in [0, 0.1) is 27.7 Å². The molecular formula is C49H48N4S2. The van der Waals surface area contributed by atoms with Crippen LogP contribution in [0.3, 0.4) is 0 Å². The number of aromatic nitrogens is 3. The van der Waals surface area contributed by atoms with Crippen molar-refractivity contribution in [2.75, 3.05) is 0 Å². The van der Waals surface area contributed by atoms with E-state index >= 15 is 0 Å². The Morgan fingerprint density at radius 2 is 1.04 bits per heavy atom. The van der Waals surface area contributed by atoms with Gasteiger partial charge in [0.2, 0.25) is 0 Å². The Hall–Kier alpha value is -5.17. The molecular weight excluding hydrogens is 709 g/mol. The SMILES string of the molecule is Cc1cccc(C)c1-c1cc2ccnc(-c3ccc(C(C)(C)C)c(N=c4[nH]c(-c5nccc6cc(-c7c(C)cccc7C)sc56)ccc4C(C)(C)C)c3)c2s1. The van der Waals surface area contributed by atoms with Crippen molar-refractivity contribution in [2.45, 2.75) is 80.1 Å². The van der Waals surface area contributed by atoms with Crippen LogP contribution < -0.4 is 5.49 Å². The Labute approximate surface area is 332 Å². The summed E-state index contributed by atoms with van der Waals surface area (Å²) in [6, 6.07) is 33.0. The monoisotopic (exact) mass is 756 g/mol. The van der Waals surface area contributed by atoms with Gasteiger partial charge in [0.15, 0.2) is 0 Å². The van der Waals surface area contributed by atoms with E-state index in [0.717, 1.165) is 39.4 Å². The van der Waals surface area contributed by atoms with E-state index in [0.29, 0.717) is 0 Å². The molecule has 0 amide bonds. The number of thiophene rings is 2. The summed E-state index contributed by atoms with van der Waals surface area (Å²) in [6.07, 6.45) is 3.86. The second-order valence-corrected chi connectivity index (χ2v) is 19.0. The summed E-state index contributed by atoms with van der Waals surface area (Å²) in [5, 5.41) is 2.40. The van der Waals surface area contributed by atoms with Crippen LogP contribution in [-0.2, 0) is 10.8 Å². The second-order valence-electron chi connectivity index (χ2n) is 16.9. The van der Waals surface area contributed by atoms with Crippen molar-refractivity contribution in [3.05, 3.63) is 142 Å². The molecule has 5 heterocycles. The van der Waals surface area contributed by atoms with Gasteiger partial charge in [-0.15, -0.1) is 22.7 Å². The molecule has 0 aliphatic heterocycles. The van der Waals surface area contributed by atoms with Crippen LogP contribution in [0.4, 0.5) is 5.69 Å². The molecule has 0 fully saturated rings. The van der Waals surface area contributed by atoms with Crippen molar-refractivity contribution in [1.29, 1.82) is 0 Å². The predicted molar refractivity (Wildman–Crippen MR) is 237 cm³/mol. The van der Waals surface area contributed by atoms with Crippen LogP contribution in [0.5, 0.6) is 0 Å². The van der Waals surface area contributed by atoms with Crippen molar-refractivity contribution >= 4 is 48.5 Å². The van der Waals surface area contributed by atoms with E-state index in [4.69, 9.17) is 15.0 Å². The molecule has 8 rings (SSSR count). The molecule has 1 N–H and O–H groups in total. The highest BCUT2D eigenvalue weighted by Crippen LogP contribution is 2.43. The van der Waals surface area contributed by atoms with Crippen molar-refractivity contribution in [1.82, 2.24) is 15.0 Å². The first-order chi connectivity index (χ1) is 26.2. The fraction of sp³-hybridized carbons (Fsp3) is 0.245. The minimum Gasteiger partial charge on any atom is -0.338 e. The Morgan fingerprint density at radius 1 is 0.545 bits per heavy atom. The van der Waals surface area contributed by atoms with Crippen LogP contribution in [0.1, 0.15) is 74.9 Å². The normalized spacial score (nSPS) is 12.7. The van der Waals surface area contributed by atoms with Gasteiger partial charge in [-0.25, -0.2) is 4.99 Å². The van der Waals surface area contributed by atoms with Gasteiger partial charge in [0.1, 0.15) is 11.2 Å². The number of aryl methyl sites for hydroxylation is 4. The lowest BCUT2D eigenvalue weighted by Gasteiger charge is -2.23. The van der Waals surface area contributed by atoms with Crippen molar-refractivity contribution < 1.29 is 0 Å². The number of nitrogens with zero attached hydrogens (tertiary/aromatic N) is 3. The molecule has 0 bridgehead atoms. The van der Waals surface area contributed by atoms with Gasteiger partial charge in [-0.1, -0.05) is 96.1 Å².